The van der Waals surface area contributed by atoms with E-state index in [-0.39, 0.29) is 24.8 Å². The van der Waals surface area contributed by atoms with E-state index >= 15 is 0 Å². The van der Waals surface area contributed by atoms with Crippen LogP contribution in [0.2, 0.25) is 0 Å². The van der Waals surface area contributed by atoms with Crippen LogP contribution in [0.1, 0.15) is 28.8 Å². The fourth-order valence-electron chi connectivity index (χ4n) is 1.38. The number of benzene rings is 1. The zero-order chi connectivity index (χ0) is 13.0. The predicted octanol–water partition coefficient (Wildman–Crippen LogP) is 2.07. The van der Waals surface area contributed by atoms with Crippen molar-refractivity contribution >= 4 is 11.9 Å². The molecule has 4 nitrogen and oxygen atoms in total. The maximum Gasteiger partial charge on any atom is 0.338 e. The summed E-state index contributed by atoms with van der Waals surface area (Å²) in [5.41, 5.74) is -0.752. The van der Waals surface area contributed by atoms with Crippen molar-refractivity contribution in [3.05, 3.63) is 34.9 Å². The van der Waals surface area contributed by atoms with E-state index in [4.69, 9.17) is 10.2 Å². The summed E-state index contributed by atoms with van der Waals surface area (Å²) in [7, 11) is 0. The molecule has 92 valence electrons. The van der Waals surface area contributed by atoms with Crippen LogP contribution in [0.5, 0.6) is 0 Å². The number of hydrogen-bond donors (Lipinski definition) is 2. The van der Waals surface area contributed by atoms with Gasteiger partial charge in [0.15, 0.2) is 11.6 Å². The van der Waals surface area contributed by atoms with Crippen LogP contribution >= 0.6 is 0 Å². The smallest absolute Gasteiger partial charge is 0.338 e. The van der Waals surface area contributed by atoms with Gasteiger partial charge in [-0.25, -0.2) is 13.6 Å². The van der Waals surface area contributed by atoms with Crippen LogP contribution in [-0.4, -0.2) is 22.2 Å². The second-order valence-corrected chi connectivity index (χ2v) is 3.45. The van der Waals surface area contributed by atoms with Crippen LogP contribution < -0.4 is 0 Å². The molecule has 0 fully saturated rings. The van der Waals surface area contributed by atoms with Crippen LogP contribution in [0.15, 0.2) is 12.1 Å². The fraction of sp³-hybridized carbons (Fsp3) is 0.273. The SMILES string of the molecule is O=C(O)CCCc1ccc(C(=O)O)c(F)c1F. The first-order valence-electron chi connectivity index (χ1n) is 4.85. The van der Waals surface area contributed by atoms with E-state index in [1.54, 1.807) is 0 Å². The van der Waals surface area contributed by atoms with Crippen LogP contribution in [0.25, 0.3) is 0 Å². The number of carboxylic acid groups (broad SMARTS) is 2. The molecule has 0 unspecified atom stereocenters. The third kappa shape index (κ3) is 3.24. The van der Waals surface area contributed by atoms with Gasteiger partial charge >= 0.3 is 11.9 Å². The highest BCUT2D eigenvalue weighted by atomic mass is 19.2. The molecule has 2 N–H and O–H groups in total. The van der Waals surface area contributed by atoms with E-state index in [2.05, 4.69) is 0 Å². The Morgan fingerprint density at radius 2 is 1.76 bits per heavy atom. The van der Waals surface area contributed by atoms with Crippen LogP contribution in [0, 0.1) is 11.6 Å². The Morgan fingerprint density at radius 1 is 1.12 bits per heavy atom. The van der Waals surface area contributed by atoms with E-state index in [1.807, 2.05) is 0 Å². The third-order valence-electron chi connectivity index (χ3n) is 2.23. The molecular formula is C11H10F2O4. The highest BCUT2D eigenvalue weighted by molar-refractivity contribution is 5.88. The molecule has 1 rings (SSSR count). The molecule has 1 aromatic carbocycles. The lowest BCUT2D eigenvalue weighted by molar-refractivity contribution is -0.137. The Bertz CT molecular complexity index is 457. The van der Waals surface area contributed by atoms with Gasteiger partial charge in [-0.15, -0.1) is 0 Å². The predicted molar refractivity (Wildman–Crippen MR) is 53.9 cm³/mol. The molecule has 0 heterocycles. The summed E-state index contributed by atoms with van der Waals surface area (Å²) >= 11 is 0. The third-order valence-corrected chi connectivity index (χ3v) is 2.23. The second kappa shape index (κ2) is 5.38. The number of aromatic carboxylic acids is 1. The zero-order valence-corrected chi connectivity index (χ0v) is 8.74. The van der Waals surface area contributed by atoms with Gasteiger partial charge in [0, 0.05) is 6.42 Å². The summed E-state index contributed by atoms with van der Waals surface area (Å²) in [6.45, 7) is 0. The second-order valence-electron chi connectivity index (χ2n) is 3.45. The Hall–Kier alpha value is -1.98. The molecule has 0 aliphatic rings. The van der Waals surface area contributed by atoms with Crippen molar-refractivity contribution in [3.8, 4) is 0 Å². The average Bonchev–Trinajstić information content (AvgIpc) is 2.23. The topological polar surface area (TPSA) is 74.6 Å². The Kier molecular flexibility index (Phi) is 4.14. The Labute approximate surface area is 95.5 Å². The standard InChI is InChI=1S/C11H10F2O4/c12-9-6(2-1-3-8(14)15)4-5-7(10(9)13)11(16)17/h4-5H,1-3H2,(H,14,15)(H,16,17). The normalized spacial score (nSPS) is 10.2. The Balaban J connectivity index is 2.85. The number of aryl methyl sites for hydroxylation is 1. The molecular weight excluding hydrogens is 234 g/mol. The molecule has 0 radical (unpaired) electrons. The van der Waals surface area contributed by atoms with Crippen molar-refractivity contribution in [3.63, 3.8) is 0 Å². The fourth-order valence-corrected chi connectivity index (χ4v) is 1.38. The summed E-state index contributed by atoms with van der Waals surface area (Å²) in [5, 5.41) is 16.9. The molecule has 0 aliphatic carbocycles. The van der Waals surface area contributed by atoms with E-state index in [1.165, 1.54) is 0 Å². The summed E-state index contributed by atoms with van der Waals surface area (Å²) in [6, 6.07) is 2.13. The number of aliphatic carboxylic acids is 1. The summed E-state index contributed by atoms with van der Waals surface area (Å²) in [4.78, 5) is 20.7. The molecule has 0 bridgehead atoms. The van der Waals surface area contributed by atoms with Gasteiger partial charge in [0.2, 0.25) is 0 Å². The van der Waals surface area contributed by atoms with E-state index in [0.717, 1.165) is 12.1 Å². The van der Waals surface area contributed by atoms with E-state index < -0.39 is 29.1 Å². The van der Waals surface area contributed by atoms with Crippen LogP contribution in [-0.2, 0) is 11.2 Å². The van der Waals surface area contributed by atoms with Gasteiger partial charge < -0.3 is 10.2 Å². The van der Waals surface area contributed by atoms with Crippen molar-refractivity contribution < 1.29 is 28.6 Å². The minimum absolute atomic E-state index is 0.0197. The van der Waals surface area contributed by atoms with Gasteiger partial charge in [-0.2, -0.15) is 0 Å². The highest BCUT2D eigenvalue weighted by Gasteiger charge is 2.17. The molecule has 0 saturated heterocycles. The maximum absolute atomic E-state index is 13.4. The molecule has 0 saturated carbocycles. The first-order valence-corrected chi connectivity index (χ1v) is 4.85. The van der Waals surface area contributed by atoms with Crippen molar-refractivity contribution in [1.29, 1.82) is 0 Å². The zero-order valence-electron chi connectivity index (χ0n) is 8.74. The summed E-state index contributed by atoms with van der Waals surface area (Å²) < 4.78 is 26.6. The van der Waals surface area contributed by atoms with Gasteiger partial charge in [-0.1, -0.05) is 6.07 Å². The largest absolute Gasteiger partial charge is 0.481 e. The lowest BCUT2D eigenvalue weighted by atomic mass is 10.0. The Morgan fingerprint density at radius 3 is 2.29 bits per heavy atom. The summed E-state index contributed by atoms with van der Waals surface area (Å²) in [5.74, 6) is -5.20. The van der Waals surface area contributed by atoms with E-state index in [9.17, 15) is 18.4 Å². The minimum atomic E-state index is -1.54. The van der Waals surface area contributed by atoms with Gasteiger partial charge in [-0.05, 0) is 24.5 Å². The molecule has 6 heteroatoms. The number of rotatable bonds is 5. The van der Waals surface area contributed by atoms with Gasteiger partial charge in [0.25, 0.3) is 0 Å². The molecule has 0 amide bonds. The van der Waals surface area contributed by atoms with Crippen molar-refractivity contribution in [2.75, 3.05) is 0 Å². The first kappa shape index (κ1) is 13.1. The quantitative estimate of drug-likeness (QED) is 0.831. The molecule has 0 spiro atoms. The molecule has 1 aromatic rings. The van der Waals surface area contributed by atoms with Gasteiger partial charge in [-0.3, -0.25) is 4.79 Å². The number of halogens is 2. The number of carbonyl (C=O) groups is 2. The number of hydrogen-bond acceptors (Lipinski definition) is 2. The monoisotopic (exact) mass is 244 g/mol. The van der Waals surface area contributed by atoms with Crippen LogP contribution in [0.4, 0.5) is 8.78 Å². The highest BCUT2D eigenvalue weighted by Crippen LogP contribution is 2.18. The lowest BCUT2D eigenvalue weighted by Crippen LogP contribution is -2.06. The molecule has 0 aliphatic heterocycles. The van der Waals surface area contributed by atoms with Crippen molar-refractivity contribution in [2.45, 2.75) is 19.3 Å². The summed E-state index contributed by atoms with van der Waals surface area (Å²) in [6.07, 6.45) is 0.0643. The van der Waals surface area contributed by atoms with Crippen LogP contribution in [0.3, 0.4) is 0 Å². The van der Waals surface area contributed by atoms with E-state index in [0.29, 0.717) is 0 Å². The first-order chi connectivity index (χ1) is 7.93. The van der Waals surface area contributed by atoms with Gasteiger partial charge in [0.05, 0.1) is 5.56 Å². The number of carboxylic acids is 2. The molecule has 0 atom stereocenters. The van der Waals surface area contributed by atoms with Crippen molar-refractivity contribution in [2.24, 2.45) is 0 Å². The van der Waals surface area contributed by atoms with Gasteiger partial charge in [0.1, 0.15) is 0 Å². The average molecular weight is 244 g/mol. The maximum atomic E-state index is 13.4. The lowest BCUT2D eigenvalue weighted by Gasteiger charge is -2.05. The van der Waals surface area contributed by atoms with Crippen molar-refractivity contribution in [1.82, 2.24) is 0 Å². The molecule has 0 aromatic heterocycles. The molecule has 17 heavy (non-hydrogen) atoms. The minimum Gasteiger partial charge on any atom is -0.481 e.